The molecule has 0 aliphatic rings. The number of hydrogen-bond donors (Lipinski definition) is 2. The van der Waals surface area contributed by atoms with E-state index in [-0.39, 0.29) is 0 Å². The second kappa shape index (κ2) is 4.30. The van der Waals surface area contributed by atoms with Gasteiger partial charge in [-0.15, -0.1) is 0 Å². The molecule has 0 unspecified atom stereocenters. The smallest absolute Gasteiger partial charge is 0.125 e. The number of nitrogens with two attached hydrogens (primary N) is 1. The maximum Gasteiger partial charge on any atom is 0.125 e. The molecule has 12 heavy (non-hydrogen) atoms. The van der Waals surface area contributed by atoms with Crippen molar-refractivity contribution in [1.82, 2.24) is 4.98 Å². The van der Waals surface area contributed by atoms with Crippen LogP contribution in [0.25, 0.3) is 0 Å². The summed E-state index contributed by atoms with van der Waals surface area (Å²) in [6.07, 6.45) is 2.79. The van der Waals surface area contributed by atoms with E-state index in [9.17, 15) is 0 Å². The van der Waals surface area contributed by atoms with Gasteiger partial charge in [0.05, 0.1) is 10.2 Å². The van der Waals surface area contributed by atoms with Gasteiger partial charge < -0.3 is 11.1 Å². The Morgan fingerprint density at radius 2 is 2.42 bits per heavy atom. The van der Waals surface area contributed by atoms with Gasteiger partial charge >= 0.3 is 0 Å². The second-order valence-electron chi connectivity index (χ2n) is 2.52. The monoisotopic (exact) mass is 229 g/mol. The molecule has 0 amide bonds. The van der Waals surface area contributed by atoms with Gasteiger partial charge in [-0.2, -0.15) is 0 Å². The van der Waals surface area contributed by atoms with Crippen molar-refractivity contribution < 1.29 is 0 Å². The summed E-state index contributed by atoms with van der Waals surface area (Å²) in [4.78, 5) is 3.94. The van der Waals surface area contributed by atoms with Crippen molar-refractivity contribution in [2.75, 3.05) is 17.6 Å². The van der Waals surface area contributed by atoms with E-state index < -0.39 is 0 Å². The minimum absolute atomic E-state index is 0.539. The molecule has 66 valence electrons. The predicted octanol–water partition coefficient (Wildman–Crippen LogP) is 2.25. The van der Waals surface area contributed by atoms with Crippen LogP contribution in [0.5, 0.6) is 0 Å². The summed E-state index contributed by atoms with van der Waals surface area (Å²) in [6.45, 7) is 3.06. The van der Waals surface area contributed by atoms with Gasteiger partial charge in [0.2, 0.25) is 0 Å². The average Bonchev–Trinajstić information content (AvgIpc) is 2.07. The Morgan fingerprint density at radius 3 is 3.08 bits per heavy atom. The quantitative estimate of drug-likeness (QED) is 0.837. The summed E-state index contributed by atoms with van der Waals surface area (Å²) in [5.74, 6) is 0.539. The van der Waals surface area contributed by atoms with Gasteiger partial charge in [0.1, 0.15) is 5.82 Å². The lowest BCUT2D eigenvalue weighted by Gasteiger charge is -2.06. The first-order valence-corrected chi connectivity index (χ1v) is 4.68. The molecule has 0 aliphatic heterocycles. The van der Waals surface area contributed by atoms with Gasteiger partial charge in [0.15, 0.2) is 0 Å². The number of anilines is 2. The summed E-state index contributed by atoms with van der Waals surface area (Å²) < 4.78 is 0.949. The van der Waals surface area contributed by atoms with Crippen molar-refractivity contribution in [3.8, 4) is 0 Å². The number of nitrogens with one attached hydrogen (secondary N) is 1. The fourth-order valence-corrected chi connectivity index (χ4v) is 1.21. The normalized spacial score (nSPS) is 9.83. The highest BCUT2D eigenvalue weighted by atomic mass is 79.9. The van der Waals surface area contributed by atoms with Crippen molar-refractivity contribution in [3.63, 3.8) is 0 Å². The van der Waals surface area contributed by atoms with Gasteiger partial charge in [-0.1, -0.05) is 6.92 Å². The second-order valence-corrected chi connectivity index (χ2v) is 3.37. The molecule has 0 bridgehead atoms. The first kappa shape index (κ1) is 9.32. The molecule has 1 heterocycles. The van der Waals surface area contributed by atoms with E-state index >= 15 is 0 Å². The molecule has 3 nitrogen and oxygen atoms in total. The molecule has 0 radical (unpaired) electrons. The van der Waals surface area contributed by atoms with Crippen LogP contribution < -0.4 is 11.1 Å². The zero-order valence-electron chi connectivity index (χ0n) is 6.97. The molecule has 1 rings (SSSR count). The van der Waals surface area contributed by atoms with Gasteiger partial charge in [-0.05, 0) is 22.4 Å². The summed E-state index contributed by atoms with van der Waals surface area (Å²) in [6, 6.07) is 1.82. The van der Waals surface area contributed by atoms with Gasteiger partial charge in [-0.3, -0.25) is 0 Å². The molecular weight excluding hydrogens is 218 g/mol. The van der Waals surface area contributed by atoms with Gasteiger partial charge in [0, 0.05) is 18.8 Å². The zero-order valence-corrected chi connectivity index (χ0v) is 8.56. The van der Waals surface area contributed by atoms with E-state index in [1.54, 1.807) is 6.20 Å². The minimum atomic E-state index is 0.539. The number of aromatic nitrogens is 1. The molecule has 0 saturated heterocycles. The van der Waals surface area contributed by atoms with Crippen molar-refractivity contribution in [3.05, 3.63) is 16.7 Å². The average molecular weight is 230 g/mol. The molecular formula is C8H12BrN3. The van der Waals surface area contributed by atoms with Crippen molar-refractivity contribution in [2.45, 2.75) is 13.3 Å². The fraction of sp³-hybridized carbons (Fsp3) is 0.375. The largest absolute Gasteiger partial charge is 0.384 e. The van der Waals surface area contributed by atoms with E-state index in [2.05, 4.69) is 33.2 Å². The highest BCUT2D eigenvalue weighted by molar-refractivity contribution is 9.10. The fourth-order valence-electron chi connectivity index (χ4n) is 0.850. The highest BCUT2D eigenvalue weighted by Crippen LogP contribution is 2.22. The van der Waals surface area contributed by atoms with Crippen molar-refractivity contribution >= 4 is 27.4 Å². The maximum atomic E-state index is 5.53. The standard InChI is InChI=1S/C8H12BrN3/c1-2-3-11-7-4-8(10)12-5-6(7)9/h4-5H,2-3H2,1H3,(H3,10,11,12). The lowest BCUT2D eigenvalue weighted by atomic mass is 10.3. The van der Waals surface area contributed by atoms with E-state index in [0.29, 0.717) is 5.82 Å². The SMILES string of the molecule is CCCNc1cc(N)ncc1Br. The Balaban J connectivity index is 2.75. The molecule has 0 aromatic carbocycles. The molecule has 0 saturated carbocycles. The number of nitrogens with zero attached hydrogens (tertiary/aromatic N) is 1. The Labute approximate surface area is 80.5 Å². The maximum absolute atomic E-state index is 5.53. The number of pyridine rings is 1. The third-order valence-corrected chi connectivity index (χ3v) is 2.07. The van der Waals surface area contributed by atoms with Gasteiger partial charge in [-0.25, -0.2) is 4.98 Å². The molecule has 0 atom stereocenters. The van der Waals surface area contributed by atoms with Crippen LogP contribution in [0.4, 0.5) is 11.5 Å². The predicted molar refractivity (Wildman–Crippen MR) is 55.1 cm³/mol. The first-order chi connectivity index (χ1) is 5.74. The Hall–Kier alpha value is -0.770. The van der Waals surface area contributed by atoms with Crippen molar-refractivity contribution in [2.24, 2.45) is 0 Å². The van der Waals surface area contributed by atoms with Crippen molar-refractivity contribution in [1.29, 1.82) is 0 Å². The molecule has 4 heteroatoms. The van der Waals surface area contributed by atoms with E-state index in [1.165, 1.54) is 0 Å². The third kappa shape index (κ3) is 2.37. The Bertz CT molecular complexity index is 262. The summed E-state index contributed by atoms with van der Waals surface area (Å²) in [5.41, 5.74) is 6.53. The van der Waals surface area contributed by atoms with Crippen LogP contribution in [0, 0.1) is 0 Å². The first-order valence-electron chi connectivity index (χ1n) is 3.89. The Morgan fingerprint density at radius 1 is 1.67 bits per heavy atom. The van der Waals surface area contributed by atoms with Crippen LogP contribution in [0.1, 0.15) is 13.3 Å². The van der Waals surface area contributed by atoms with E-state index in [1.807, 2.05) is 6.07 Å². The third-order valence-electron chi connectivity index (χ3n) is 1.44. The summed E-state index contributed by atoms with van der Waals surface area (Å²) >= 11 is 3.38. The molecule has 0 fully saturated rings. The zero-order chi connectivity index (χ0) is 8.97. The molecule has 0 aliphatic carbocycles. The lowest BCUT2D eigenvalue weighted by molar-refractivity contribution is 0.977. The molecule has 1 aromatic rings. The molecule has 0 spiro atoms. The Kier molecular flexibility index (Phi) is 3.34. The minimum Gasteiger partial charge on any atom is -0.384 e. The van der Waals surface area contributed by atoms with Gasteiger partial charge in [0.25, 0.3) is 0 Å². The number of rotatable bonds is 3. The summed E-state index contributed by atoms with van der Waals surface area (Å²) in [5, 5.41) is 3.24. The van der Waals surface area contributed by atoms with Crippen LogP contribution in [0.2, 0.25) is 0 Å². The van der Waals surface area contributed by atoms with Crippen LogP contribution in [0.3, 0.4) is 0 Å². The lowest BCUT2D eigenvalue weighted by Crippen LogP contribution is -2.01. The topological polar surface area (TPSA) is 50.9 Å². The molecule has 3 N–H and O–H groups in total. The van der Waals surface area contributed by atoms with Crippen LogP contribution in [0.15, 0.2) is 16.7 Å². The highest BCUT2D eigenvalue weighted by Gasteiger charge is 1.98. The van der Waals surface area contributed by atoms with E-state index in [4.69, 9.17) is 5.73 Å². The molecule has 1 aromatic heterocycles. The van der Waals surface area contributed by atoms with E-state index in [0.717, 1.165) is 23.1 Å². The number of nitrogen functional groups attached to an aromatic ring is 1. The summed E-state index contributed by atoms with van der Waals surface area (Å²) in [7, 11) is 0. The number of hydrogen-bond acceptors (Lipinski definition) is 3. The van der Waals surface area contributed by atoms with Crippen LogP contribution in [-0.2, 0) is 0 Å². The van der Waals surface area contributed by atoms with Crippen LogP contribution in [-0.4, -0.2) is 11.5 Å². The number of halogens is 1. The van der Waals surface area contributed by atoms with Crippen LogP contribution >= 0.6 is 15.9 Å².